The maximum Gasteiger partial charge on any atom is 0.148 e. The van der Waals surface area contributed by atoms with Crippen LogP contribution in [-0.2, 0) is 9.47 Å². The van der Waals surface area contributed by atoms with E-state index >= 15 is 0 Å². The molecule has 0 amide bonds. The van der Waals surface area contributed by atoms with Crippen LogP contribution in [0, 0.1) is 18.3 Å². The van der Waals surface area contributed by atoms with Crippen LogP contribution in [0.15, 0.2) is 6.07 Å². The number of aryl methyl sites for hydroxylation is 1. The number of aromatic nitrogens is 1. The topological polar surface area (TPSA) is 79.2 Å². The molecule has 21 heavy (non-hydrogen) atoms. The van der Waals surface area contributed by atoms with Crippen LogP contribution < -0.4 is 10.6 Å². The average molecular weight is 292 g/mol. The number of anilines is 2. The highest BCUT2D eigenvalue weighted by molar-refractivity contribution is 5.61. The number of pyridine rings is 1. The third kappa shape index (κ3) is 4.59. The van der Waals surface area contributed by atoms with Gasteiger partial charge in [-0.25, -0.2) is 4.98 Å². The first-order chi connectivity index (χ1) is 10.1. The average Bonchev–Trinajstić information content (AvgIpc) is 2.49. The van der Waals surface area contributed by atoms with Gasteiger partial charge in [-0.2, -0.15) is 5.26 Å². The molecule has 1 heterocycles. The van der Waals surface area contributed by atoms with E-state index in [9.17, 15) is 5.26 Å². The molecule has 0 aromatic carbocycles. The highest BCUT2D eigenvalue weighted by Gasteiger charge is 2.14. The van der Waals surface area contributed by atoms with Crippen molar-refractivity contribution in [3.05, 3.63) is 17.2 Å². The van der Waals surface area contributed by atoms with Crippen molar-refractivity contribution in [2.24, 2.45) is 0 Å². The fraction of sp³-hybridized carbons (Fsp3) is 0.600. The van der Waals surface area contributed by atoms with Crippen molar-refractivity contribution in [3.8, 4) is 6.07 Å². The molecule has 0 aliphatic rings. The summed E-state index contributed by atoms with van der Waals surface area (Å²) >= 11 is 0. The third-order valence-electron chi connectivity index (χ3n) is 3.25. The zero-order valence-electron chi connectivity index (χ0n) is 13.4. The number of hydrogen-bond donors (Lipinski definition) is 2. The van der Waals surface area contributed by atoms with Crippen LogP contribution in [0.1, 0.15) is 37.8 Å². The number of methoxy groups -OCH3 is 2. The Morgan fingerprint density at radius 2 is 1.76 bits per heavy atom. The van der Waals surface area contributed by atoms with Gasteiger partial charge in [0.15, 0.2) is 0 Å². The zero-order chi connectivity index (χ0) is 15.8. The Bertz CT molecular complexity index is 491. The van der Waals surface area contributed by atoms with Gasteiger partial charge in [0.1, 0.15) is 30.2 Å². The maximum atomic E-state index is 9.31. The van der Waals surface area contributed by atoms with Gasteiger partial charge in [-0.15, -0.1) is 0 Å². The Kier molecular flexibility index (Phi) is 6.92. The van der Waals surface area contributed by atoms with Crippen LogP contribution in [0.4, 0.5) is 11.6 Å². The fourth-order valence-corrected chi connectivity index (χ4v) is 1.96. The van der Waals surface area contributed by atoms with Gasteiger partial charge in [-0.1, -0.05) is 13.8 Å². The predicted molar refractivity (Wildman–Crippen MR) is 83.1 cm³/mol. The summed E-state index contributed by atoms with van der Waals surface area (Å²) in [6, 6.07) is 4.03. The molecule has 0 fully saturated rings. The molecule has 2 N–H and O–H groups in total. The summed E-state index contributed by atoms with van der Waals surface area (Å²) in [6.07, 6.45) is 1.30. The fourth-order valence-electron chi connectivity index (χ4n) is 1.96. The molecule has 0 saturated heterocycles. The van der Waals surface area contributed by atoms with Gasteiger partial charge < -0.3 is 20.1 Å². The van der Waals surface area contributed by atoms with Crippen molar-refractivity contribution in [1.29, 1.82) is 5.26 Å². The molecule has 1 aromatic rings. The number of nitrogens with zero attached hydrogens (tertiary/aromatic N) is 2. The van der Waals surface area contributed by atoms with E-state index < -0.39 is 0 Å². The molecule has 2 unspecified atom stereocenters. The van der Waals surface area contributed by atoms with E-state index in [4.69, 9.17) is 9.47 Å². The van der Waals surface area contributed by atoms with Crippen molar-refractivity contribution in [3.63, 3.8) is 0 Å². The molecule has 0 radical (unpaired) electrons. The molecule has 0 spiro atoms. The Hall–Kier alpha value is -1.84. The van der Waals surface area contributed by atoms with Gasteiger partial charge >= 0.3 is 0 Å². The first-order valence-electron chi connectivity index (χ1n) is 7.09. The number of hydrogen-bond acceptors (Lipinski definition) is 6. The lowest BCUT2D eigenvalue weighted by molar-refractivity contribution is 0.121. The predicted octanol–water partition coefficient (Wildman–Crippen LogP) is 2.85. The molecule has 6 nitrogen and oxygen atoms in total. The monoisotopic (exact) mass is 292 g/mol. The molecule has 116 valence electrons. The molecular weight excluding hydrogens is 268 g/mol. The van der Waals surface area contributed by atoms with Crippen molar-refractivity contribution >= 4 is 11.6 Å². The van der Waals surface area contributed by atoms with Crippen LogP contribution >= 0.6 is 0 Å². The van der Waals surface area contributed by atoms with Gasteiger partial charge in [-0.3, -0.25) is 0 Å². The molecular formula is C15H24N4O2. The van der Waals surface area contributed by atoms with Crippen molar-refractivity contribution in [1.82, 2.24) is 4.98 Å². The molecule has 0 bridgehead atoms. The molecule has 2 atom stereocenters. The second kappa shape index (κ2) is 8.45. The van der Waals surface area contributed by atoms with Crippen LogP contribution in [-0.4, -0.2) is 31.7 Å². The second-order valence-electron chi connectivity index (χ2n) is 4.71. The van der Waals surface area contributed by atoms with Gasteiger partial charge in [0.25, 0.3) is 0 Å². The molecule has 0 aliphatic heterocycles. The van der Waals surface area contributed by atoms with E-state index in [1.54, 1.807) is 14.2 Å². The summed E-state index contributed by atoms with van der Waals surface area (Å²) in [4.78, 5) is 4.47. The smallest absolute Gasteiger partial charge is 0.148 e. The van der Waals surface area contributed by atoms with Gasteiger partial charge in [0, 0.05) is 14.2 Å². The van der Waals surface area contributed by atoms with E-state index in [-0.39, 0.29) is 12.5 Å². The standard InChI is InChI=1S/C15H24N4O2/c1-6-13(20-4)17-12-8-10(3)11(9-16)15(18-12)19-14(7-2)21-5/h8,13-14H,6-7H2,1-5H3,(H2,17,18,19). The molecule has 0 saturated carbocycles. The molecule has 0 aliphatic carbocycles. The van der Waals surface area contributed by atoms with Crippen LogP contribution in [0.3, 0.4) is 0 Å². The van der Waals surface area contributed by atoms with E-state index in [0.717, 1.165) is 18.4 Å². The number of nitriles is 1. The van der Waals surface area contributed by atoms with E-state index in [1.165, 1.54) is 0 Å². The van der Waals surface area contributed by atoms with Crippen LogP contribution in [0.2, 0.25) is 0 Å². The lowest BCUT2D eigenvalue weighted by Gasteiger charge is -2.20. The first kappa shape index (κ1) is 17.2. The van der Waals surface area contributed by atoms with Gasteiger partial charge in [0.05, 0.1) is 5.56 Å². The van der Waals surface area contributed by atoms with Crippen LogP contribution in [0.25, 0.3) is 0 Å². The van der Waals surface area contributed by atoms with Crippen molar-refractivity contribution in [2.75, 3.05) is 24.9 Å². The van der Waals surface area contributed by atoms with Gasteiger partial charge in [0.2, 0.25) is 0 Å². The van der Waals surface area contributed by atoms with Crippen molar-refractivity contribution < 1.29 is 9.47 Å². The number of ether oxygens (including phenoxy) is 2. The lowest BCUT2D eigenvalue weighted by Crippen LogP contribution is -2.24. The first-order valence-corrected chi connectivity index (χ1v) is 7.09. The van der Waals surface area contributed by atoms with E-state index in [2.05, 4.69) is 21.7 Å². The summed E-state index contributed by atoms with van der Waals surface area (Å²) in [5.41, 5.74) is 1.39. The minimum atomic E-state index is -0.177. The Balaban J connectivity index is 3.09. The normalized spacial score (nSPS) is 13.3. The Labute approximate surface area is 126 Å². The lowest BCUT2D eigenvalue weighted by atomic mass is 10.1. The summed E-state index contributed by atoms with van der Waals surface area (Å²) in [6.45, 7) is 5.91. The minimum Gasteiger partial charge on any atom is -0.362 e. The summed E-state index contributed by atoms with van der Waals surface area (Å²) < 4.78 is 10.6. The van der Waals surface area contributed by atoms with Crippen LogP contribution in [0.5, 0.6) is 0 Å². The largest absolute Gasteiger partial charge is 0.362 e. The van der Waals surface area contributed by atoms with E-state index in [1.807, 2.05) is 26.8 Å². The van der Waals surface area contributed by atoms with Gasteiger partial charge in [-0.05, 0) is 31.4 Å². The summed E-state index contributed by atoms with van der Waals surface area (Å²) in [5, 5.41) is 15.7. The highest BCUT2D eigenvalue weighted by atomic mass is 16.5. The molecule has 1 rings (SSSR count). The SMILES string of the molecule is CCC(Nc1cc(C)c(C#N)c(NC(CC)OC)n1)OC. The zero-order valence-corrected chi connectivity index (χ0v) is 13.4. The quantitative estimate of drug-likeness (QED) is 0.717. The highest BCUT2D eigenvalue weighted by Crippen LogP contribution is 2.22. The minimum absolute atomic E-state index is 0.109. The molecule has 6 heteroatoms. The Morgan fingerprint density at radius 1 is 1.19 bits per heavy atom. The second-order valence-corrected chi connectivity index (χ2v) is 4.71. The Morgan fingerprint density at radius 3 is 2.24 bits per heavy atom. The number of rotatable bonds is 8. The number of nitrogens with one attached hydrogen (secondary N) is 2. The maximum absolute atomic E-state index is 9.31. The third-order valence-corrected chi connectivity index (χ3v) is 3.25. The molecule has 1 aromatic heterocycles. The summed E-state index contributed by atoms with van der Waals surface area (Å²) in [5.74, 6) is 1.20. The summed E-state index contributed by atoms with van der Waals surface area (Å²) in [7, 11) is 3.27. The van der Waals surface area contributed by atoms with E-state index in [0.29, 0.717) is 17.2 Å². The van der Waals surface area contributed by atoms with Crippen molar-refractivity contribution in [2.45, 2.75) is 46.1 Å².